The number of carbonyl (C=O) groups is 1. The van der Waals surface area contributed by atoms with Crippen LogP contribution in [0.3, 0.4) is 0 Å². The summed E-state index contributed by atoms with van der Waals surface area (Å²) in [5.41, 5.74) is 0.445. The first-order chi connectivity index (χ1) is 10.5. The van der Waals surface area contributed by atoms with Crippen molar-refractivity contribution in [1.82, 2.24) is 0 Å². The van der Waals surface area contributed by atoms with Gasteiger partial charge in [-0.2, -0.15) is 0 Å². The van der Waals surface area contributed by atoms with Gasteiger partial charge in [0, 0.05) is 11.1 Å². The molecule has 2 aromatic rings. The van der Waals surface area contributed by atoms with Crippen LogP contribution in [0.5, 0.6) is 11.5 Å². The summed E-state index contributed by atoms with van der Waals surface area (Å²) in [6, 6.07) is 11.9. The van der Waals surface area contributed by atoms with Crippen molar-refractivity contribution in [2.75, 3.05) is 12.4 Å². The minimum absolute atomic E-state index is 0.327. The molecule has 0 spiro atoms. The van der Waals surface area contributed by atoms with Crippen LogP contribution in [0.1, 0.15) is 6.92 Å². The average Bonchev–Trinajstić information content (AvgIpc) is 2.51. The number of benzene rings is 2. The minimum Gasteiger partial charge on any atom is -0.497 e. The molecule has 116 valence electrons. The molecule has 0 aliphatic rings. The van der Waals surface area contributed by atoms with Crippen LogP contribution in [0.15, 0.2) is 42.5 Å². The third-order valence-corrected chi connectivity index (χ3v) is 3.47. The minimum atomic E-state index is -0.706. The Morgan fingerprint density at radius 3 is 2.59 bits per heavy atom. The van der Waals surface area contributed by atoms with Crippen LogP contribution in [0, 0.1) is 0 Å². The molecular formula is C16H15Cl2NO3. The number of methoxy groups -OCH3 is 1. The Morgan fingerprint density at radius 2 is 1.86 bits per heavy atom. The first-order valence-electron chi connectivity index (χ1n) is 6.56. The number of ether oxygens (including phenoxy) is 2. The summed E-state index contributed by atoms with van der Waals surface area (Å²) in [4.78, 5) is 12.2. The predicted molar refractivity (Wildman–Crippen MR) is 88.2 cm³/mol. The average molecular weight is 340 g/mol. The molecule has 0 saturated heterocycles. The Morgan fingerprint density at radius 1 is 1.14 bits per heavy atom. The van der Waals surface area contributed by atoms with Crippen LogP contribution < -0.4 is 14.8 Å². The molecule has 2 rings (SSSR count). The van der Waals surface area contributed by atoms with Crippen molar-refractivity contribution in [2.45, 2.75) is 13.0 Å². The summed E-state index contributed by atoms with van der Waals surface area (Å²) in [5, 5.41) is 3.58. The van der Waals surface area contributed by atoms with E-state index in [1.165, 1.54) is 0 Å². The van der Waals surface area contributed by atoms with Gasteiger partial charge < -0.3 is 14.8 Å². The van der Waals surface area contributed by atoms with Gasteiger partial charge in [0.2, 0.25) is 0 Å². The zero-order valence-electron chi connectivity index (χ0n) is 12.1. The molecule has 4 nitrogen and oxygen atoms in total. The number of nitrogens with one attached hydrogen (secondary N) is 1. The number of hydrogen-bond donors (Lipinski definition) is 1. The number of carbonyl (C=O) groups excluding carboxylic acids is 1. The maximum Gasteiger partial charge on any atom is 0.265 e. The van der Waals surface area contributed by atoms with Crippen LogP contribution in [0.25, 0.3) is 0 Å². The lowest BCUT2D eigenvalue weighted by Crippen LogP contribution is -2.30. The highest BCUT2D eigenvalue weighted by Crippen LogP contribution is 2.26. The Balaban J connectivity index is 2.04. The summed E-state index contributed by atoms with van der Waals surface area (Å²) >= 11 is 11.9. The summed E-state index contributed by atoms with van der Waals surface area (Å²) in [7, 11) is 1.57. The molecule has 2 aromatic carbocycles. The van der Waals surface area contributed by atoms with Crippen molar-refractivity contribution in [1.29, 1.82) is 0 Å². The normalized spacial score (nSPS) is 11.6. The van der Waals surface area contributed by atoms with Crippen molar-refractivity contribution in [3.05, 3.63) is 52.5 Å². The topological polar surface area (TPSA) is 47.6 Å². The lowest BCUT2D eigenvalue weighted by atomic mass is 10.3. The summed E-state index contributed by atoms with van der Waals surface area (Å²) in [6.07, 6.45) is -0.706. The number of hydrogen-bond acceptors (Lipinski definition) is 3. The highest BCUT2D eigenvalue weighted by molar-refractivity contribution is 6.35. The maximum absolute atomic E-state index is 12.2. The van der Waals surface area contributed by atoms with Gasteiger partial charge in [-0.1, -0.05) is 29.3 Å². The summed E-state index contributed by atoms with van der Waals surface area (Å²) in [5.74, 6) is 0.870. The smallest absolute Gasteiger partial charge is 0.265 e. The van der Waals surface area contributed by atoms with Gasteiger partial charge in [0.25, 0.3) is 5.91 Å². The second-order valence-corrected chi connectivity index (χ2v) is 5.40. The summed E-state index contributed by atoms with van der Waals surface area (Å²) < 4.78 is 10.7. The van der Waals surface area contributed by atoms with Gasteiger partial charge in [-0.3, -0.25) is 4.79 Å². The van der Waals surface area contributed by atoms with E-state index in [0.717, 1.165) is 0 Å². The molecule has 22 heavy (non-hydrogen) atoms. The zero-order chi connectivity index (χ0) is 16.1. The highest BCUT2D eigenvalue weighted by atomic mass is 35.5. The van der Waals surface area contributed by atoms with Crippen LogP contribution in [0.2, 0.25) is 10.0 Å². The van der Waals surface area contributed by atoms with Crippen LogP contribution in [0.4, 0.5) is 5.69 Å². The molecule has 0 bridgehead atoms. The predicted octanol–water partition coefficient (Wildman–Crippen LogP) is 4.41. The molecule has 1 amide bonds. The molecule has 6 heteroatoms. The molecule has 0 radical (unpaired) electrons. The van der Waals surface area contributed by atoms with E-state index in [0.29, 0.717) is 27.2 Å². The first-order valence-corrected chi connectivity index (χ1v) is 7.32. The standard InChI is InChI=1S/C16H15Cl2NO3/c1-10(22-13-5-3-4-12(9-13)21-2)16(20)19-15-8-11(17)6-7-14(15)18/h3-10H,1-2H3,(H,19,20)/t10-/m1/s1. The fourth-order valence-corrected chi connectivity index (χ4v) is 2.10. The number of anilines is 1. The lowest BCUT2D eigenvalue weighted by Gasteiger charge is -2.16. The van der Waals surface area contributed by atoms with Crippen LogP contribution >= 0.6 is 23.2 Å². The number of halogens is 2. The molecule has 0 unspecified atom stereocenters. The van der Waals surface area contributed by atoms with Gasteiger partial charge in [-0.25, -0.2) is 0 Å². The van der Waals surface area contributed by atoms with Crippen LogP contribution in [-0.2, 0) is 4.79 Å². The van der Waals surface area contributed by atoms with Crippen molar-refractivity contribution in [3.8, 4) is 11.5 Å². The zero-order valence-corrected chi connectivity index (χ0v) is 13.6. The molecule has 1 atom stereocenters. The largest absolute Gasteiger partial charge is 0.497 e. The molecule has 0 aliphatic heterocycles. The quantitative estimate of drug-likeness (QED) is 0.877. The Bertz CT molecular complexity index is 676. The number of amides is 1. The SMILES string of the molecule is COc1cccc(O[C@H](C)C(=O)Nc2cc(Cl)ccc2Cl)c1. The molecule has 0 heterocycles. The van der Waals surface area contributed by atoms with Crippen LogP contribution in [-0.4, -0.2) is 19.1 Å². The van der Waals surface area contributed by atoms with Gasteiger partial charge in [0.05, 0.1) is 17.8 Å². The second kappa shape index (κ2) is 7.38. The van der Waals surface area contributed by atoms with Gasteiger partial charge >= 0.3 is 0 Å². The van der Waals surface area contributed by atoms with Gasteiger partial charge in [0.1, 0.15) is 11.5 Å². The van der Waals surface area contributed by atoms with Crippen molar-refractivity contribution < 1.29 is 14.3 Å². The third kappa shape index (κ3) is 4.29. The Kier molecular flexibility index (Phi) is 5.52. The maximum atomic E-state index is 12.2. The van der Waals surface area contributed by atoms with Gasteiger partial charge in [-0.15, -0.1) is 0 Å². The number of rotatable bonds is 5. The monoisotopic (exact) mass is 339 g/mol. The van der Waals surface area contributed by atoms with E-state index in [1.54, 1.807) is 56.5 Å². The van der Waals surface area contributed by atoms with Gasteiger partial charge in [0.15, 0.2) is 6.10 Å². The fourth-order valence-electron chi connectivity index (χ4n) is 1.76. The highest BCUT2D eigenvalue weighted by Gasteiger charge is 2.16. The molecule has 0 saturated carbocycles. The lowest BCUT2D eigenvalue weighted by molar-refractivity contribution is -0.122. The van der Waals surface area contributed by atoms with E-state index in [4.69, 9.17) is 32.7 Å². The van der Waals surface area contributed by atoms with E-state index >= 15 is 0 Å². The fraction of sp³-hybridized carbons (Fsp3) is 0.188. The molecule has 0 aromatic heterocycles. The molecular weight excluding hydrogens is 325 g/mol. The Labute approximate surface area is 138 Å². The van der Waals surface area contributed by atoms with E-state index in [9.17, 15) is 4.79 Å². The van der Waals surface area contributed by atoms with E-state index in [-0.39, 0.29) is 5.91 Å². The van der Waals surface area contributed by atoms with E-state index in [1.807, 2.05) is 0 Å². The van der Waals surface area contributed by atoms with Crippen molar-refractivity contribution >= 4 is 34.8 Å². The van der Waals surface area contributed by atoms with Crippen molar-refractivity contribution in [3.63, 3.8) is 0 Å². The van der Waals surface area contributed by atoms with Gasteiger partial charge in [-0.05, 0) is 37.3 Å². The van der Waals surface area contributed by atoms with E-state index < -0.39 is 6.10 Å². The van der Waals surface area contributed by atoms with Crippen molar-refractivity contribution in [2.24, 2.45) is 0 Å². The van der Waals surface area contributed by atoms with E-state index in [2.05, 4.69) is 5.32 Å². The molecule has 0 aliphatic carbocycles. The second-order valence-electron chi connectivity index (χ2n) is 4.55. The summed E-state index contributed by atoms with van der Waals surface area (Å²) in [6.45, 7) is 1.65. The molecule has 1 N–H and O–H groups in total. The Hall–Kier alpha value is -1.91. The third-order valence-electron chi connectivity index (χ3n) is 2.91. The first kappa shape index (κ1) is 16.5. The molecule has 0 fully saturated rings.